The fourth-order valence-electron chi connectivity index (χ4n) is 4.30. The van der Waals surface area contributed by atoms with Gasteiger partial charge in [0.25, 0.3) is 5.91 Å². The molecule has 1 aliphatic heterocycles. The molecule has 0 spiro atoms. The van der Waals surface area contributed by atoms with Crippen LogP contribution in [0, 0.1) is 0 Å². The van der Waals surface area contributed by atoms with Crippen LogP contribution in [-0.2, 0) is 6.18 Å². The number of halogens is 3. The molecule has 0 bridgehead atoms. The molecule has 3 aromatic heterocycles. The minimum absolute atomic E-state index is 0.00499. The molecule has 1 saturated heterocycles. The van der Waals surface area contributed by atoms with Crippen LogP contribution >= 0.6 is 11.3 Å². The minimum atomic E-state index is -4.62. The topological polar surface area (TPSA) is 119 Å². The number of anilines is 1. The summed E-state index contributed by atoms with van der Waals surface area (Å²) in [6, 6.07) is 4.46. The summed E-state index contributed by atoms with van der Waals surface area (Å²) < 4.78 is 51.0. The first kappa shape index (κ1) is 25.0. The number of nitrogens with two attached hydrogens (primary N) is 1. The van der Waals surface area contributed by atoms with E-state index in [1.54, 1.807) is 19.2 Å². The van der Waals surface area contributed by atoms with Crippen molar-refractivity contribution in [2.75, 3.05) is 25.1 Å². The highest BCUT2D eigenvalue weighted by Crippen LogP contribution is 2.37. The lowest BCUT2D eigenvalue weighted by atomic mass is 10.1. The molecule has 2 atom stereocenters. The monoisotopic (exact) mass is 532 g/mol. The smallest absolute Gasteiger partial charge is 0.433 e. The largest absolute Gasteiger partial charge is 0.494 e. The van der Waals surface area contributed by atoms with Crippen molar-refractivity contribution in [2.45, 2.75) is 31.6 Å². The number of amides is 1. The molecule has 0 radical (unpaired) electrons. The number of methoxy groups -OCH3 is 1. The van der Waals surface area contributed by atoms with Crippen LogP contribution < -0.4 is 20.7 Å². The van der Waals surface area contributed by atoms with Gasteiger partial charge in [-0.1, -0.05) is 0 Å². The summed E-state index contributed by atoms with van der Waals surface area (Å²) in [5.74, 6) is -0.0648. The first-order valence-electron chi connectivity index (χ1n) is 11.4. The van der Waals surface area contributed by atoms with Crippen LogP contribution in [0.4, 0.5) is 18.3 Å². The van der Waals surface area contributed by atoms with E-state index in [2.05, 4.69) is 25.2 Å². The van der Waals surface area contributed by atoms with Crippen molar-refractivity contribution < 1.29 is 27.1 Å². The molecule has 13 heteroatoms. The van der Waals surface area contributed by atoms with E-state index < -0.39 is 23.8 Å². The predicted molar refractivity (Wildman–Crippen MR) is 132 cm³/mol. The van der Waals surface area contributed by atoms with Crippen molar-refractivity contribution in [1.82, 2.24) is 20.3 Å². The van der Waals surface area contributed by atoms with Gasteiger partial charge in [0.2, 0.25) is 5.89 Å². The number of hydrogen-bond donors (Lipinski definition) is 2. The Kier molecular flexibility index (Phi) is 6.50. The molecular formula is C24H23F3N6O3S. The summed E-state index contributed by atoms with van der Waals surface area (Å²) in [5, 5.41) is 6.11. The second kappa shape index (κ2) is 9.63. The molecule has 1 fully saturated rings. The third kappa shape index (κ3) is 4.83. The Morgan fingerprint density at radius 1 is 1.30 bits per heavy atom. The Balaban J connectivity index is 1.47. The molecule has 194 valence electrons. The number of nitrogens with one attached hydrogen (secondary N) is 1. The van der Waals surface area contributed by atoms with Gasteiger partial charge in [-0.25, -0.2) is 15.0 Å². The number of hydrogen-bond acceptors (Lipinski definition) is 9. The number of benzene rings is 1. The fraction of sp³-hybridized carbons (Fsp3) is 0.333. The van der Waals surface area contributed by atoms with E-state index in [0.717, 1.165) is 24.2 Å². The molecule has 3 N–H and O–H groups in total. The Morgan fingerprint density at radius 2 is 2.11 bits per heavy atom. The van der Waals surface area contributed by atoms with Crippen molar-refractivity contribution in [3.05, 3.63) is 53.0 Å². The second-order valence-electron chi connectivity index (χ2n) is 8.65. The summed E-state index contributed by atoms with van der Waals surface area (Å²) in [4.78, 5) is 27.8. The molecule has 0 unspecified atom stereocenters. The van der Waals surface area contributed by atoms with Crippen molar-refractivity contribution in [1.29, 1.82) is 0 Å². The zero-order valence-electron chi connectivity index (χ0n) is 19.9. The number of ether oxygens (including phenoxy) is 1. The minimum Gasteiger partial charge on any atom is -0.494 e. The standard InChI is InChI=1S/C24H23F3N6O3S/c1-12(28)20-19(21(34)30-13-7-9-33(11-13)23-29-8-10-37-23)32-22(36-20)15-3-5-16(35-2)18-14(15)4-6-17(31-18)24(25,26)27/h3-6,8,10,12-13H,7,9,11,28H2,1-2H3,(H,30,34)/t12-,13+/m0/s1. The maximum Gasteiger partial charge on any atom is 0.433 e. The van der Waals surface area contributed by atoms with Crippen molar-refractivity contribution in [3.63, 3.8) is 0 Å². The van der Waals surface area contributed by atoms with Crippen LogP contribution in [-0.4, -0.2) is 47.1 Å². The van der Waals surface area contributed by atoms with Crippen molar-refractivity contribution in [2.24, 2.45) is 5.73 Å². The number of alkyl halides is 3. The van der Waals surface area contributed by atoms with Crippen LogP contribution in [0.15, 0.2) is 40.3 Å². The lowest BCUT2D eigenvalue weighted by Gasteiger charge is -2.15. The number of nitrogens with zero attached hydrogens (tertiary/aromatic N) is 4. The molecule has 5 rings (SSSR count). The lowest BCUT2D eigenvalue weighted by Crippen LogP contribution is -2.37. The van der Waals surface area contributed by atoms with Crippen LogP contribution in [0.2, 0.25) is 0 Å². The zero-order chi connectivity index (χ0) is 26.3. The van der Waals surface area contributed by atoms with Gasteiger partial charge in [-0.2, -0.15) is 13.2 Å². The summed E-state index contributed by atoms with van der Waals surface area (Å²) in [6.07, 6.45) is -2.15. The summed E-state index contributed by atoms with van der Waals surface area (Å²) >= 11 is 1.53. The number of pyridine rings is 1. The van der Waals surface area contributed by atoms with E-state index in [4.69, 9.17) is 14.9 Å². The van der Waals surface area contributed by atoms with Crippen LogP contribution in [0.5, 0.6) is 5.75 Å². The van der Waals surface area contributed by atoms with Gasteiger partial charge in [-0.05, 0) is 37.6 Å². The number of thiazole rings is 1. The third-order valence-electron chi connectivity index (χ3n) is 6.06. The molecular weight excluding hydrogens is 509 g/mol. The van der Waals surface area contributed by atoms with E-state index in [9.17, 15) is 18.0 Å². The molecule has 9 nitrogen and oxygen atoms in total. The Labute approximate surface area is 213 Å². The van der Waals surface area contributed by atoms with E-state index >= 15 is 0 Å². The third-order valence-corrected chi connectivity index (χ3v) is 6.89. The molecule has 4 aromatic rings. The fourth-order valence-corrected chi connectivity index (χ4v) is 4.98. The highest BCUT2D eigenvalue weighted by Gasteiger charge is 2.34. The van der Waals surface area contributed by atoms with Crippen molar-refractivity contribution in [3.8, 4) is 17.2 Å². The van der Waals surface area contributed by atoms with Gasteiger partial charge in [0.1, 0.15) is 17.0 Å². The number of carbonyl (C=O) groups is 1. The molecule has 1 amide bonds. The highest BCUT2D eigenvalue weighted by molar-refractivity contribution is 7.13. The average molecular weight is 533 g/mol. The molecule has 4 heterocycles. The van der Waals surface area contributed by atoms with Gasteiger partial charge in [0.15, 0.2) is 16.6 Å². The normalized spacial score (nSPS) is 16.8. The van der Waals surface area contributed by atoms with Gasteiger partial charge in [0, 0.05) is 41.7 Å². The Bertz CT molecular complexity index is 1440. The molecule has 1 aliphatic rings. The SMILES string of the molecule is COc1ccc(-c2nc(C(=O)N[C@@H]3CCN(c4nccs4)C3)c([C@H](C)N)o2)c2ccc(C(F)(F)F)nc12. The van der Waals surface area contributed by atoms with Crippen LogP contribution in [0.1, 0.15) is 41.3 Å². The molecule has 0 saturated carbocycles. The zero-order valence-corrected chi connectivity index (χ0v) is 20.7. The quantitative estimate of drug-likeness (QED) is 0.375. The summed E-state index contributed by atoms with van der Waals surface area (Å²) in [7, 11) is 1.34. The highest BCUT2D eigenvalue weighted by atomic mass is 32.1. The van der Waals surface area contributed by atoms with Gasteiger partial charge in [-0.3, -0.25) is 4.79 Å². The van der Waals surface area contributed by atoms with Gasteiger partial charge < -0.3 is 25.1 Å². The maximum atomic E-state index is 13.3. The molecule has 37 heavy (non-hydrogen) atoms. The van der Waals surface area contributed by atoms with Crippen molar-refractivity contribution >= 4 is 33.3 Å². The summed E-state index contributed by atoms with van der Waals surface area (Å²) in [5.41, 5.74) is 5.40. The van der Waals surface area contributed by atoms with E-state index in [0.29, 0.717) is 17.5 Å². The average Bonchev–Trinajstić information content (AvgIpc) is 3.63. The van der Waals surface area contributed by atoms with E-state index in [1.807, 2.05) is 5.38 Å². The van der Waals surface area contributed by atoms with Gasteiger partial charge in [-0.15, -0.1) is 11.3 Å². The number of aromatic nitrogens is 3. The molecule has 1 aromatic carbocycles. The Hall–Kier alpha value is -3.71. The number of rotatable bonds is 6. The first-order valence-corrected chi connectivity index (χ1v) is 12.3. The number of oxazole rings is 1. The van der Waals surface area contributed by atoms with Gasteiger partial charge >= 0.3 is 6.18 Å². The van der Waals surface area contributed by atoms with Gasteiger partial charge in [0.05, 0.1) is 13.2 Å². The molecule has 0 aliphatic carbocycles. The second-order valence-corrected chi connectivity index (χ2v) is 9.52. The number of fused-ring (bicyclic) bond motifs is 1. The summed E-state index contributed by atoms with van der Waals surface area (Å²) in [6.45, 7) is 3.02. The lowest BCUT2D eigenvalue weighted by molar-refractivity contribution is -0.140. The van der Waals surface area contributed by atoms with E-state index in [1.165, 1.54) is 30.6 Å². The maximum absolute atomic E-state index is 13.3. The van der Waals surface area contributed by atoms with Crippen LogP contribution in [0.25, 0.3) is 22.4 Å². The van der Waals surface area contributed by atoms with Crippen LogP contribution in [0.3, 0.4) is 0 Å². The first-order chi connectivity index (χ1) is 17.7. The Morgan fingerprint density at radius 3 is 2.78 bits per heavy atom. The van der Waals surface area contributed by atoms with E-state index in [-0.39, 0.29) is 34.7 Å². The number of carbonyl (C=O) groups excluding carboxylic acids is 1. The predicted octanol–water partition coefficient (Wildman–Crippen LogP) is 4.40.